The van der Waals surface area contributed by atoms with Crippen molar-refractivity contribution in [3.05, 3.63) is 49.2 Å². The Morgan fingerprint density at radius 2 is 1.93 bits per heavy atom. The first-order valence-corrected chi connectivity index (χ1v) is 12.5. The maximum Gasteiger partial charge on any atom is 0.253 e. The van der Waals surface area contributed by atoms with Crippen molar-refractivity contribution in [2.45, 2.75) is 36.1 Å². The maximum atomic E-state index is 13.4. The number of halogens is 3. The highest BCUT2D eigenvalue weighted by molar-refractivity contribution is 9.10. The van der Waals surface area contributed by atoms with E-state index in [9.17, 15) is 13.2 Å². The minimum atomic E-state index is -3.89. The Morgan fingerprint density at radius 1 is 1.22 bits per heavy atom. The van der Waals surface area contributed by atoms with Gasteiger partial charge in [0.1, 0.15) is 14.6 Å². The first kappa shape index (κ1) is 21.3. The summed E-state index contributed by atoms with van der Waals surface area (Å²) in [5.74, 6) is -0.255. The average molecular weight is 557 g/mol. The van der Waals surface area contributed by atoms with Crippen LogP contribution in [-0.2, 0) is 21.4 Å². The molecule has 0 saturated carbocycles. The molecule has 2 aromatic rings. The van der Waals surface area contributed by atoms with Gasteiger partial charge in [0.05, 0.1) is 0 Å². The molecule has 1 aromatic carbocycles. The van der Waals surface area contributed by atoms with E-state index in [0.717, 1.165) is 34.2 Å². The molecule has 5 nitrogen and oxygen atoms in total. The van der Waals surface area contributed by atoms with Crippen molar-refractivity contribution in [3.8, 4) is 0 Å². The van der Waals surface area contributed by atoms with Crippen molar-refractivity contribution in [2.24, 2.45) is 0 Å². The number of amides is 1. The Bertz CT molecular complexity index is 913. The van der Waals surface area contributed by atoms with E-state index in [-0.39, 0.29) is 16.7 Å². The molecular weight excluding hydrogens is 540 g/mol. The molecule has 0 radical (unpaired) electrons. The van der Waals surface area contributed by atoms with E-state index in [0.29, 0.717) is 21.8 Å². The highest BCUT2D eigenvalue weighted by atomic mass is 79.9. The molecule has 1 aliphatic rings. The number of nitrogens with one attached hydrogen (secondary N) is 1. The lowest BCUT2D eigenvalue weighted by atomic mass is 10.1. The van der Waals surface area contributed by atoms with Crippen LogP contribution in [0.5, 0.6) is 0 Å². The van der Waals surface area contributed by atoms with Gasteiger partial charge >= 0.3 is 0 Å². The highest BCUT2D eigenvalue weighted by Gasteiger charge is 2.37. The number of nitrogens with zero attached hydrogens (tertiary/aromatic N) is 1. The summed E-state index contributed by atoms with van der Waals surface area (Å²) in [4.78, 5) is 12.6. The van der Waals surface area contributed by atoms with Crippen molar-refractivity contribution in [3.63, 3.8) is 0 Å². The number of sulfonamides is 1. The monoisotopic (exact) mass is 554 g/mol. The molecule has 1 fully saturated rings. The summed E-state index contributed by atoms with van der Waals surface area (Å²) in [6.07, 6.45) is 2.11. The zero-order chi connectivity index (χ0) is 19.6. The van der Waals surface area contributed by atoms with Crippen LogP contribution in [0.2, 0.25) is 4.34 Å². The first-order valence-electron chi connectivity index (χ1n) is 8.28. The van der Waals surface area contributed by atoms with Crippen molar-refractivity contribution in [1.82, 2.24) is 9.62 Å². The molecule has 1 aliphatic heterocycles. The number of hydrogen-bond donors (Lipinski definition) is 1. The summed E-state index contributed by atoms with van der Waals surface area (Å²) < 4.78 is 30.0. The minimum absolute atomic E-state index is 0.112. The molecular formula is C17H17Br2ClN2O3S2. The van der Waals surface area contributed by atoms with Gasteiger partial charge in [-0.15, -0.1) is 11.3 Å². The summed E-state index contributed by atoms with van der Waals surface area (Å²) in [5, 5.41) is 2.83. The van der Waals surface area contributed by atoms with Gasteiger partial charge in [-0.3, -0.25) is 4.79 Å². The highest BCUT2D eigenvalue weighted by Crippen LogP contribution is 2.37. The molecule has 0 bridgehead atoms. The van der Waals surface area contributed by atoms with Crippen LogP contribution in [0.15, 0.2) is 43.5 Å². The van der Waals surface area contributed by atoms with Gasteiger partial charge in [-0.25, -0.2) is 8.42 Å². The van der Waals surface area contributed by atoms with Crippen LogP contribution in [0.1, 0.15) is 24.8 Å². The topological polar surface area (TPSA) is 66.5 Å². The number of hydrogen-bond acceptors (Lipinski definition) is 4. The SMILES string of the molecule is O=C1NCCCC[C@H]1N(Cc1ccc(Br)cc1)S(=O)(=O)c1cc(Br)c(Cl)s1. The summed E-state index contributed by atoms with van der Waals surface area (Å²) in [5.41, 5.74) is 0.806. The third-order valence-corrected chi connectivity index (χ3v) is 9.60. The first-order chi connectivity index (χ1) is 12.8. The second kappa shape index (κ2) is 8.92. The Labute approximate surface area is 184 Å². The lowest BCUT2D eigenvalue weighted by molar-refractivity contribution is -0.124. The lowest BCUT2D eigenvalue weighted by Gasteiger charge is -2.28. The van der Waals surface area contributed by atoms with Crippen molar-refractivity contribution in [1.29, 1.82) is 0 Å². The quantitative estimate of drug-likeness (QED) is 0.576. The number of carbonyl (C=O) groups excluding carboxylic acids is 1. The molecule has 146 valence electrons. The summed E-state index contributed by atoms with van der Waals surface area (Å²) in [6.45, 7) is 0.679. The molecule has 1 atom stereocenters. The predicted molar refractivity (Wildman–Crippen MR) is 115 cm³/mol. The maximum absolute atomic E-state index is 13.4. The Morgan fingerprint density at radius 3 is 2.56 bits per heavy atom. The Balaban J connectivity index is 2.02. The molecule has 2 heterocycles. The second-order valence-corrected chi connectivity index (χ2v) is 11.7. The van der Waals surface area contributed by atoms with Crippen LogP contribution >= 0.6 is 54.8 Å². The van der Waals surface area contributed by atoms with Crippen LogP contribution in [0.3, 0.4) is 0 Å². The molecule has 1 saturated heterocycles. The van der Waals surface area contributed by atoms with Gasteiger partial charge in [0.15, 0.2) is 0 Å². The van der Waals surface area contributed by atoms with Gasteiger partial charge < -0.3 is 5.32 Å². The van der Waals surface area contributed by atoms with E-state index < -0.39 is 16.1 Å². The van der Waals surface area contributed by atoms with Crippen molar-refractivity contribution in [2.75, 3.05) is 6.54 Å². The van der Waals surface area contributed by atoms with E-state index in [4.69, 9.17) is 11.6 Å². The van der Waals surface area contributed by atoms with Crippen molar-refractivity contribution < 1.29 is 13.2 Å². The Hall–Kier alpha value is -0.450. The van der Waals surface area contributed by atoms with Crippen LogP contribution < -0.4 is 5.32 Å². The molecule has 27 heavy (non-hydrogen) atoms. The normalized spacial score (nSPS) is 18.4. The lowest BCUT2D eigenvalue weighted by Crippen LogP contribution is -2.48. The van der Waals surface area contributed by atoms with Gasteiger partial charge in [-0.2, -0.15) is 4.31 Å². The zero-order valence-electron chi connectivity index (χ0n) is 14.1. The fraction of sp³-hybridized carbons (Fsp3) is 0.353. The van der Waals surface area contributed by atoms with E-state index in [1.807, 2.05) is 24.3 Å². The number of rotatable bonds is 5. The Kier molecular flexibility index (Phi) is 7.02. The fourth-order valence-corrected chi connectivity index (χ4v) is 7.20. The van der Waals surface area contributed by atoms with Gasteiger partial charge in [0, 0.05) is 22.0 Å². The average Bonchev–Trinajstić information content (AvgIpc) is 2.84. The van der Waals surface area contributed by atoms with E-state index in [1.54, 1.807) is 0 Å². The van der Waals surface area contributed by atoms with Crippen LogP contribution in [0, 0.1) is 0 Å². The number of thiophene rings is 1. The molecule has 3 rings (SSSR count). The molecule has 1 aromatic heterocycles. The molecule has 1 amide bonds. The fourth-order valence-electron chi connectivity index (χ4n) is 2.90. The molecule has 10 heteroatoms. The molecule has 1 N–H and O–H groups in total. The molecule has 0 spiro atoms. The summed E-state index contributed by atoms with van der Waals surface area (Å²) >= 11 is 13.7. The number of carbonyl (C=O) groups is 1. The standard InChI is InChI=1S/C17H17Br2ClN2O3S2/c18-12-6-4-11(5-7-12)10-22(14-3-1-2-8-21-17(14)23)27(24,25)15-9-13(19)16(20)26-15/h4-7,9,14H,1-3,8,10H2,(H,21,23)/t14-/m1/s1. The van der Waals surface area contributed by atoms with Crippen LogP contribution in [0.25, 0.3) is 0 Å². The van der Waals surface area contributed by atoms with E-state index in [2.05, 4.69) is 37.2 Å². The number of benzene rings is 1. The summed E-state index contributed by atoms with van der Waals surface area (Å²) in [7, 11) is -3.89. The zero-order valence-corrected chi connectivity index (χ0v) is 19.7. The molecule has 0 aliphatic carbocycles. The van der Waals surface area contributed by atoms with Gasteiger partial charge in [0.2, 0.25) is 5.91 Å². The minimum Gasteiger partial charge on any atom is -0.355 e. The molecule has 0 unspecified atom stereocenters. The van der Waals surface area contributed by atoms with Gasteiger partial charge in [-0.05, 0) is 59.0 Å². The third kappa shape index (κ3) is 4.94. The third-order valence-electron chi connectivity index (χ3n) is 4.29. The van der Waals surface area contributed by atoms with E-state index in [1.165, 1.54) is 10.4 Å². The van der Waals surface area contributed by atoms with Crippen molar-refractivity contribution >= 4 is 70.7 Å². The van der Waals surface area contributed by atoms with Crippen LogP contribution in [0.4, 0.5) is 0 Å². The van der Waals surface area contributed by atoms with E-state index >= 15 is 0 Å². The summed E-state index contributed by atoms with van der Waals surface area (Å²) in [6, 6.07) is 8.14. The smallest absolute Gasteiger partial charge is 0.253 e. The van der Waals surface area contributed by atoms with Crippen LogP contribution in [-0.4, -0.2) is 31.2 Å². The second-order valence-electron chi connectivity index (χ2n) is 6.17. The predicted octanol–water partition coefficient (Wildman–Crippen LogP) is 4.79. The largest absolute Gasteiger partial charge is 0.355 e. The van der Waals surface area contributed by atoms with Gasteiger partial charge in [0.25, 0.3) is 10.0 Å². The van der Waals surface area contributed by atoms with Gasteiger partial charge in [-0.1, -0.05) is 39.7 Å².